The molecular formula is C17H14Cl2O4. The Hall–Kier alpha value is -2.04. The highest BCUT2D eigenvalue weighted by atomic mass is 35.5. The summed E-state index contributed by atoms with van der Waals surface area (Å²) in [4.78, 5) is 22.6. The van der Waals surface area contributed by atoms with Gasteiger partial charge in [-0.1, -0.05) is 35.3 Å². The summed E-state index contributed by atoms with van der Waals surface area (Å²) in [5.74, 6) is -0.506. The highest BCUT2D eigenvalue weighted by molar-refractivity contribution is 6.42. The Kier molecular flexibility index (Phi) is 6.02. The van der Waals surface area contributed by atoms with Gasteiger partial charge in [0.1, 0.15) is 5.75 Å². The Morgan fingerprint density at radius 3 is 2.30 bits per heavy atom. The third kappa shape index (κ3) is 5.27. The predicted molar refractivity (Wildman–Crippen MR) is 88.7 cm³/mol. The number of Topliss-reactive ketones (excluding diaryl/α,β-unsaturated/α-hetero) is 1. The van der Waals surface area contributed by atoms with E-state index in [9.17, 15) is 9.59 Å². The van der Waals surface area contributed by atoms with Gasteiger partial charge in [-0.05, 0) is 42.3 Å². The molecule has 0 unspecified atom stereocenters. The minimum atomic E-state index is -0.836. The van der Waals surface area contributed by atoms with Crippen LogP contribution in [0.2, 0.25) is 10.0 Å². The minimum Gasteiger partial charge on any atom is -0.485 e. The van der Waals surface area contributed by atoms with Gasteiger partial charge in [0.25, 0.3) is 0 Å². The molecule has 0 fully saturated rings. The number of carboxylic acid groups (broad SMARTS) is 1. The number of rotatable bonds is 7. The fourth-order valence-electron chi connectivity index (χ4n) is 1.91. The molecule has 0 amide bonds. The summed E-state index contributed by atoms with van der Waals surface area (Å²) >= 11 is 11.7. The summed E-state index contributed by atoms with van der Waals surface area (Å²) in [5, 5.41) is 9.35. The van der Waals surface area contributed by atoms with Crippen molar-refractivity contribution >= 4 is 35.0 Å². The van der Waals surface area contributed by atoms with E-state index in [1.807, 2.05) is 0 Å². The van der Waals surface area contributed by atoms with Crippen LogP contribution in [0.3, 0.4) is 0 Å². The number of hydrogen-bond donors (Lipinski definition) is 1. The molecule has 0 aromatic heterocycles. The molecule has 2 aromatic carbocycles. The molecule has 2 rings (SSSR count). The molecule has 6 heteroatoms. The first kappa shape index (κ1) is 17.3. The molecule has 0 spiro atoms. The third-order valence-electron chi connectivity index (χ3n) is 3.16. The number of ketones is 1. The number of carbonyl (C=O) groups excluding carboxylic acids is 1. The van der Waals surface area contributed by atoms with Crippen LogP contribution in [0.4, 0.5) is 0 Å². The summed E-state index contributed by atoms with van der Waals surface area (Å²) < 4.78 is 5.43. The maximum atomic E-state index is 12.0. The van der Waals surface area contributed by atoms with Crippen molar-refractivity contribution in [3.05, 3.63) is 63.6 Å². The average Bonchev–Trinajstić information content (AvgIpc) is 2.54. The number of carbonyl (C=O) groups is 2. The number of aryl methyl sites for hydroxylation is 1. The lowest BCUT2D eigenvalue weighted by atomic mass is 10.1. The third-order valence-corrected chi connectivity index (χ3v) is 3.90. The number of ether oxygens (including phenoxy) is 1. The standard InChI is InChI=1S/C17H14Cl2O4/c18-14-7-4-12(9-15(14)19)16(20)10-23-13-5-1-11(2-6-13)3-8-17(21)22/h1-2,4-7,9H,3,8,10H2,(H,21,22). The SMILES string of the molecule is O=C(O)CCc1ccc(OCC(=O)c2ccc(Cl)c(Cl)c2)cc1. The van der Waals surface area contributed by atoms with Crippen molar-refractivity contribution in [2.75, 3.05) is 6.61 Å². The van der Waals surface area contributed by atoms with E-state index in [4.69, 9.17) is 33.0 Å². The summed E-state index contributed by atoms with van der Waals surface area (Å²) in [7, 11) is 0. The number of benzene rings is 2. The highest BCUT2D eigenvalue weighted by Crippen LogP contribution is 2.23. The minimum absolute atomic E-state index is 0.0794. The van der Waals surface area contributed by atoms with Crippen LogP contribution in [0.15, 0.2) is 42.5 Å². The Morgan fingerprint density at radius 2 is 1.70 bits per heavy atom. The van der Waals surface area contributed by atoms with Gasteiger partial charge in [0.05, 0.1) is 10.0 Å². The Bertz CT molecular complexity index is 711. The average molecular weight is 353 g/mol. The number of aliphatic carboxylic acids is 1. The topological polar surface area (TPSA) is 63.6 Å². The lowest BCUT2D eigenvalue weighted by Crippen LogP contribution is -2.11. The van der Waals surface area contributed by atoms with Crippen molar-refractivity contribution < 1.29 is 19.4 Å². The molecule has 0 aliphatic heterocycles. The van der Waals surface area contributed by atoms with E-state index in [2.05, 4.69) is 0 Å². The smallest absolute Gasteiger partial charge is 0.303 e. The monoisotopic (exact) mass is 352 g/mol. The van der Waals surface area contributed by atoms with Crippen molar-refractivity contribution in [2.45, 2.75) is 12.8 Å². The zero-order valence-electron chi connectivity index (χ0n) is 12.1. The summed E-state index contributed by atoms with van der Waals surface area (Å²) in [6.07, 6.45) is 0.536. The van der Waals surface area contributed by atoms with Gasteiger partial charge in [-0.2, -0.15) is 0 Å². The van der Waals surface area contributed by atoms with Gasteiger partial charge in [0.2, 0.25) is 0 Å². The molecule has 120 valence electrons. The first-order valence-electron chi connectivity index (χ1n) is 6.87. The quantitative estimate of drug-likeness (QED) is 0.755. The highest BCUT2D eigenvalue weighted by Gasteiger charge is 2.09. The van der Waals surface area contributed by atoms with Crippen LogP contribution >= 0.6 is 23.2 Å². The van der Waals surface area contributed by atoms with Crippen LogP contribution in [0.5, 0.6) is 5.75 Å². The molecule has 0 atom stereocenters. The van der Waals surface area contributed by atoms with Crippen LogP contribution in [0, 0.1) is 0 Å². The predicted octanol–water partition coefficient (Wildman–Crippen LogP) is 4.27. The van der Waals surface area contributed by atoms with Gasteiger partial charge >= 0.3 is 5.97 Å². The molecule has 0 aliphatic carbocycles. The van der Waals surface area contributed by atoms with E-state index in [0.717, 1.165) is 5.56 Å². The van der Waals surface area contributed by atoms with Crippen LogP contribution in [-0.4, -0.2) is 23.5 Å². The van der Waals surface area contributed by atoms with Crippen molar-refractivity contribution in [3.63, 3.8) is 0 Å². The summed E-state index contributed by atoms with van der Waals surface area (Å²) in [6.45, 7) is -0.119. The van der Waals surface area contributed by atoms with Crippen molar-refractivity contribution in [2.24, 2.45) is 0 Å². The molecule has 1 N–H and O–H groups in total. The molecule has 0 saturated heterocycles. The van der Waals surface area contributed by atoms with E-state index in [1.165, 1.54) is 6.07 Å². The van der Waals surface area contributed by atoms with Gasteiger partial charge in [-0.25, -0.2) is 0 Å². The fraction of sp³-hybridized carbons (Fsp3) is 0.176. The molecule has 0 bridgehead atoms. The molecule has 0 heterocycles. The zero-order valence-corrected chi connectivity index (χ0v) is 13.6. The lowest BCUT2D eigenvalue weighted by molar-refractivity contribution is -0.136. The van der Waals surface area contributed by atoms with E-state index >= 15 is 0 Å². The second kappa shape index (κ2) is 7.99. The molecule has 0 aliphatic rings. The van der Waals surface area contributed by atoms with Gasteiger partial charge < -0.3 is 9.84 Å². The molecule has 4 nitrogen and oxygen atoms in total. The maximum Gasteiger partial charge on any atom is 0.303 e. The van der Waals surface area contributed by atoms with E-state index in [-0.39, 0.29) is 18.8 Å². The summed E-state index contributed by atoms with van der Waals surface area (Å²) in [6, 6.07) is 11.6. The van der Waals surface area contributed by atoms with Gasteiger partial charge in [0, 0.05) is 12.0 Å². The fourth-order valence-corrected chi connectivity index (χ4v) is 2.20. The van der Waals surface area contributed by atoms with Crippen LogP contribution in [0.25, 0.3) is 0 Å². The Balaban J connectivity index is 1.91. The lowest BCUT2D eigenvalue weighted by Gasteiger charge is -2.07. The van der Waals surface area contributed by atoms with Gasteiger partial charge in [-0.3, -0.25) is 9.59 Å². The van der Waals surface area contributed by atoms with Crippen LogP contribution < -0.4 is 4.74 Å². The molecule has 0 saturated carbocycles. The first-order chi connectivity index (χ1) is 11.0. The van der Waals surface area contributed by atoms with Crippen molar-refractivity contribution in [1.29, 1.82) is 0 Å². The number of carboxylic acids is 1. The normalized spacial score (nSPS) is 10.3. The number of hydrogen-bond acceptors (Lipinski definition) is 3. The second-order valence-electron chi connectivity index (χ2n) is 4.88. The zero-order chi connectivity index (χ0) is 16.8. The van der Waals surface area contributed by atoms with Gasteiger partial charge in [-0.15, -0.1) is 0 Å². The van der Waals surface area contributed by atoms with Crippen LogP contribution in [0.1, 0.15) is 22.3 Å². The summed E-state index contributed by atoms with van der Waals surface area (Å²) in [5.41, 5.74) is 1.33. The van der Waals surface area contributed by atoms with Crippen molar-refractivity contribution in [3.8, 4) is 5.75 Å². The maximum absolute atomic E-state index is 12.0. The van der Waals surface area contributed by atoms with E-state index in [1.54, 1.807) is 36.4 Å². The molecule has 23 heavy (non-hydrogen) atoms. The first-order valence-corrected chi connectivity index (χ1v) is 7.63. The van der Waals surface area contributed by atoms with Crippen LogP contribution in [-0.2, 0) is 11.2 Å². The second-order valence-corrected chi connectivity index (χ2v) is 5.69. The molecular weight excluding hydrogens is 339 g/mol. The van der Waals surface area contributed by atoms with Crippen molar-refractivity contribution in [1.82, 2.24) is 0 Å². The largest absolute Gasteiger partial charge is 0.485 e. The Labute approximate surface area is 143 Å². The molecule has 2 aromatic rings. The van der Waals surface area contributed by atoms with E-state index in [0.29, 0.717) is 27.8 Å². The van der Waals surface area contributed by atoms with E-state index < -0.39 is 5.97 Å². The number of halogens is 2. The molecule has 0 radical (unpaired) electrons. The van der Waals surface area contributed by atoms with Gasteiger partial charge in [0.15, 0.2) is 12.4 Å². The Morgan fingerprint density at radius 1 is 1.00 bits per heavy atom.